The van der Waals surface area contributed by atoms with E-state index in [2.05, 4.69) is 9.97 Å². The van der Waals surface area contributed by atoms with Gasteiger partial charge in [0.1, 0.15) is 11.3 Å². The van der Waals surface area contributed by atoms with Crippen molar-refractivity contribution in [1.82, 2.24) is 14.5 Å². The molecule has 0 spiro atoms. The molecule has 3 rings (SSSR count). The van der Waals surface area contributed by atoms with Gasteiger partial charge in [-0.25, -0.2) is 9.78 Å². The summed E-state index contributed by atoms with van der Waals surface area (Å²) < 4.78 is 6.96. The van der Waals surface area contributed by atoms with Gasteiger partial charge in [0, 0.05) is 13.1 Å². The molecule has 0 fully saturated rings. The van der Waals surface area contributed by atoms with E-state index in [1.54, 1.807) is 6.07 Å². The number of rotatable bonds is 9. The summed E-state index contributed by atoms with van der Waals surface area (Å²) in [5, 5.41) is 0.372. The van der Waals surface area contributed by atoms with Crippen LogP contribution in [0.2, 0.25) is 0 Å². The first-order valence-corrected chi connectivity index (χ1v) is 11.2. The second kappa shape index (κ2) is 9.86. The molecular weight excluding hydrogens is 418 g/mol. The van der Waals surface area contributed by atoms with E-state index >= 15 is 0 Å². The molecule has 0 unspecified atom stereocenters. The topological polar surface area (TPSA) is 127 Å². The van der Waals surface area contributed by atoms with Crippen LogP contribution in [0.1, 0.15) is 33.6 Å². The van der Waals surface area contributed by atoms with Crippen molar-refractivity contribution < 1.29 is 9.21 Å². The third-order valence-corrected chi connectivity index (χ3v) is 5.47. The number of fused-ring (bicyclic) bond motifs is 1. The maximum absolute atomic E-state index is 13.1. The number of unbranched alkanes of at least 4 members (excludes halogenated alkanes) is 1. The van der Waals surface area contributed by atoms with E-state index in [4.69, 9.17) is 10.2 Å². The summed E-state index contributed by atoms with van der Waals surface area (Å²) in [5.41, 5.74) is 6.33. The average Bonchev–Trinajstić information content (AvgIpc) is 3.14. The van der Waals surface area contributed by atoms with E-state index in [9.17, 15) is 14.4 Å². The fourth-order valence-corrected chi connectivity index (χ4v) is 3.89. The molecule has 31 heavy (non-hydrogen) atoms. The Morgan fingerprint density at radius 2 is 2.06 bits per heavy atom. The molecular formula is C21H27N5O4S. The molecule has 1 aromatic carbocycles. The van der Waals surface area contributed by atoms with Gasteiger partial charge in [-0.1, -0.05) is 51.1 Å². The number of anilines is 2. The van der Waals surface area contributed by atoms with Gasteiger partial charge in [0.15, 0.2) is 11.3 Å². The van der Waals surface area contributed by atoms with Crippen LogP contribution in [0.3, 0.4) is 0 Å². The molecule has 3 N–H and O–H groups in total. The molecule has 2 heterocycles. The number of carbonyl (C=O) groups excluding carboxylic acids is 1. The molecule has 9 nitrogen and oxygen atoms in total. The van der Waals surface area contributed by atoms with Crippen LogP contribution >= 0.6 is 11.8 Å². The molecule has 0 saturated heterocycles. The predicted molar refractivity (Wildman–Crippen MR) is 123 cm³/mol. The Bertz CT molecular complexity index is 1150. The number of oxazole rings is 1. The highest BCUT2D eigenvalue weighted by atomic mass is 32.2. The minimum atomic E-state index is -0.668. The number of nitrogen functional groups attached to an aromatic ring is 1. The zero-order valence-electron chi connectivity index (χ0n) is 17.9. The first-order valence-electron chi connectivity index (χ1n) is 10.2. The average molecular weight is 446 g/mol. The van der Waals surface area contributed by atoms with Crippen molar-refractivity contribution >= 4 is 40.3 Å². The van der Waals surface area contributed by atoms with Crippen LogP contribution in [-0.4, -0.2) is 32.7 Å². The van der Waals surface area contributed by atoms with E-state index in [1.165, 1.54) is 9.47 Å². The van der Waals surface area contributed by atoms with Gasteiger partial charge in [-0.05, 0) is 24.5 Å². The van der Waals surface area contributed by atoms with Gasteiger partial charge in [-0.15, -0.1) is 0 Å². The summed E-state index contributed by atoms with van der Waals surface area (Å²) in [7, 11) is 0. The number of aromatic nitrogens is 3. The third-order valence-electron chi connectivity index (χ3n) is 4.66. The predicted octanol–water partition coefficient (Wildman–Crippen LogP) is 2.84. The number of benzene rings is 1. The van der Waals surface area contributed by atoms with Gasteiger partial charge >= 0.3 is 5.69 Å². The highest BCUT2D eigenvalue weighted by Crippen LogP contribution is 2.25. The van der Waals surface area contributed by atoms with Crippen LogP contribution in [0.15, 0.2) is 43.5 Å². The van der Waals surface area contributed by atoms with Crippen molar-refractivity contribution in [3.05, 3.63) is 45.1 Å². The van der Waals surface area contributed by atoms with Crippen molar-refractivity contribution in [2.24, 2.45) is 5.92 Å². The smallest absolute Gasteiger partial charge is 0.330 e. The molecule has 0 aliphatic heterocycles. The Balaban J connectivity index is 1.89. The van der Waals surface area contributed by atoms with Crippen molar-refractivity contribution in [2.45, 2.75) is 45.4 Å². The molecule has 0 aliphatic carbocycles. The first kappa shape index (κ1) is 22.7. The van der Waals surface area contributed by atoms with Gasteiger partial charge in [-0.2, -0.15) is 0 Å². The summed E-state index contributed by atoms with van der Waals surface area (Å²) in [6, 6.07) is 7.34. The second-order valence-electron chi connectivity index (χ2n) is 7.63. The number of nitrogens with two attached hydrogens (primary N) is 1. The van der Waals surface area contributed by atoms with Gasteiger partial charge < -0.3 is 15.1 Å². The molecule has 0 aliphatic rings. The van der Waals surface area contributed by atoms with E-state index in [0.717, 1.165) is 18.2 Å². The van der Waals surface area contributed by atoms with Crippen LogP contribution < -0.4 is 21.9 Å². The summed E-state index contributed by atoms with van der Waals surface area (Å²) in [6.45, 7) is 6.52. The van der Waals surface area contributed by atoms with Crippen molar-refractivity contribution in [3.8, 4) is 0 Å². The van der Waals surface area contributed by atoms with Crippen LogP contribution in [0, 0.1) is 5.92 Å². The van der Waals surface area contributed by atoms with Crippen molar-refractivity contribution in [2.75, 3.05) is 22.9 Å². The minimum Gasteiger partial charge on any atom is -0.431 e. The van der Waals surface area contributed by atoms with E-state index < -0.39 is 11.2 Å². The van der Waals surface area contributed by atoms with E-state index in [-0.39, 0.29) is 29.1 Å². The number of H-pyrrole nitrogens is 1. The normalized spacial score (nSPS) is 11.4. The Labute approximate surface area is 183 Å². The number of nitrogens with zero attached hydrogens (tertiary/aromatic N) is 3. The highest BCUT2D eigenvalue weighted by Gasteiger charge is 2.24. The number of amides is 1. The van der Waals surface area contributed by atoms with Gasteiger partial charge in [0.05, 0.1) is 5.75 Å². The standard InChI is InChI=1S/C21H27N5O4S/c1-4-5-10-25(17-18(22)26(11-13(2)3)20(29)24-19(17)28)16(27)12-31-21-23-14-8-6-7-9-15(14)30-21/h6-9,13H,4-5,10-12,22H2,1-3H3,(H,24,28,29). The lowest BCUT2D eigenvalue weighted by Crippen LogP contribution is -2.42. The fourth-order valence-electron chi connectivity index (χ4n) is 3.18. The summed E-state index contributed by atoms with van der Waals surface area (Å²) >= 11 is 1.15. The van der Waals surface area contributed by atoms with Crippen LogP contribution in [0.4, 0.5) is 11.5 Å². The lowest BCUT2D eigenvalue weighted by Gasteiger charge is -2.24. The molecule has 0 bridgehead atoms. The number of para-hydroxylation sites is 2. The van der Waals surface area contributed by atoms with Crippen LogP contribution in [0.25, 0.3) is 11.1 Å². The molecule has 0 radical (unpaired) electrons. The molecule has 2 aromatic heterocycles. The zero-order chi connectivity index (χ0) is 22.5. The number of carbonyl (C=O) groups is 1. The quantitative estimate of drug-likeness (QED) is 0.485. The molecule has 166 valence electrons. The number of aromatic amines is 1. The van der Waals surface area contributed by atoms with E-state index in [1.807, 2.05) is 39.0 Å². The second-order valence-corrected chi connectivity index (χ2v) is 8.56. The fraction of sp³-hybridized carbons (Fsp3) is 0.429. The lowest BCUT2D eigenvalue weighted by molar-refractivity contribution is -0.116. The van der Waals surface area contributed by atoms with Gasteiger partial charge in [0.25, 0.3) is 10.8 Å². The molecule has 0 atom stereocenters. The Morgan fingerprint density at radius 3 is 2.74 bits per heavy atom. The third kappa shape index (κ3) is 5.19. The maximum Gasteiger partial charge on any atom is 0.330 e. The number of hydrogen-bond acceptors (Lipinski definition) is 7. The molecule has 0 saturated carbocycles. The lowest BCUT2D eigenvalue weighted by atomic mass is 10.2. The largest absolute Gasteiger partial charge is 0.431 e. The van der Waals surface area contributed by atoms with Crippen molar-refractivity contribution in [1.29, 1.82) is 0 Å². The highest BCUT2D eigenvalue weighted by molar-refractivity contribution is 7.99. The van der Waals surface area contributed by atoms with Crippen LogP contribution in [-0.2, 0) is 11.3 Å². The maximum atomic E-state index is 13.1. The zero-order valence-corrected chi connectivity index (χ0v) is 18.7. The number of hydrogen-bond donors (Lipinski definition) is 2. The molecule has 10 heteroatoms. The number of thioether (sulfide) groups is 1. The Hall–Kier alpha value is -3.01. The summed E-state index contributed by atoms with van der Waals surface area (Å²) in [6.07, 6.45) is 1.51. The van der Waals surface area contributed by atoms with E-state index in [0.29, 0.717) is 35.8 Å². The first-order chi connectivity index (χ1) is 14.8. The molecule has 1 amide bonds. The van der Waals surface area contributed by atoms with Crippen LogP contribution in [0.5, 0.6) is 0 Å². The monoisotopic (exact) mass is 445 g/mol. The molecule has 3 aromatic rings. The summed E-state index contributed by atoms with van der Waals surface area (Å²) in [5.74, 6) is -0.168. The van der Waals surface area contributed by atoms with Gasteiger partial charge in [0.2, 0.25) is 5.91 Å². The Morgan fingerprint density at radius 1 is 1.32 bits per heavy atom. The number of nitrogens with one attached hydrogen (secondary N) is 1. The summed E-state index contributed by atoms with van der Waals surface area (Å²) in [4.78, 5) is 46.0. The minimum absolute atomic E-state index is 0.00114. The SMILES string of the molecule is CCCCN(C(=O)CSc1nc2ccccc2o1)c1c(N)n(CC(C)C)c(=O)[nH]c1=O. The van der Waals surface area contributed by atoms with Crippen molar-refractivity contribution in [3.63, 3.8) is 0 Å². The van der Waals surface area contributed by atoms with Gasteiger partial charge in [-0.3, -0.25) is 19.1 Å². The Kier molecular flexibility index (Phi) is 7.21.